The van der Waals surface area contributed by atoms with Gasteiger partial charge < -0.3 is 5.32 Å². The highest BCUT2D eigenvalue weighted by molar-refractivity contribution is 7.92. The van der Waals surface area contributed by atoms with Crippen LogP contribution in [0.15, 0.2) is 77.7 Å². The molecule has 0 aromatic heterocycles. The average molecular weight is 415 g/mol. The molecule has 1 amide bonds. The lowest BCUT2D eigenvalue weighted by molar-refractivity contribution is 0.0951. The fraction of sp³-hybridized carbons (Fsp3) is 0.0952. The maximum atomic E-state index is 12.5. The van der Waals surface area contributed by atoms with Gasteiger partial charge in [-0.05, 0) is 55.0 Å². The summed E-state index contributed by atoms with van der Waals surface area (Å²) in [5.74, 6) is -0.284. The first kappa shape index (κ1) is 19.9. The number of benzene rings is 3. The third-order valence-electron chi connectivity index (χ3n) is 4.07. The molecule has 0 heterocycles. The quantitative estimate of drug-likeness (QED) is 0.628. The second kappa shape index (κ2) is 8.46. The Labute approximate surface area is 169 Å². The van der Waals surface area contributed by atoms with Crippen molar-refractivity contribution in [1.29, 1.82) is 0 Å². The molecular weight excluding hydrogens is 396 g/mol. The second-order valence-electron chi connectivity index (χ2n) is 6.31. The van der Waals surface area contributed by atoms with Crippen LogP contribution in [0.5, 0.6) is 0 Å². The Bertz CT molecular complexity index is 1080. The molecule has 3 aromatic rings. The molecule has 0 atom stereocenters. The number of carbonyl (C=O) groups is 1. The van der Waals surface area contributed by atoms with E-state index in [1.165, 1.54) is 30.3 Å². The first-order valence-corrected chi connectivity index (χ1v) is 10.4. The molecule has 0 fully saturated rings. The minimum Gasteiger partial charge on any atom is -0.348 e. The number of sulfonamides is 1. The van der Waals surface area contributed by atoms with Crippen molar-refractivity contribution in [3.63, 3.8) is 0 Å². The lowest BCUT2D eigenvalue weighted by Crippen LogP contribution is -2.23. The van der Waals surface area contributed by atoms with Crippen molar-refractivity contribution in [2.24, 2.45) is 0 Å². The lowest BCUT2D eigenvalue weighted by Gasteiger charge is -2.10. The maximum absolute atomic E-state index is 12.5. The molecule has 0 saturated heterocycles. The van der Waals surface area contributed by atoms with Crippen molar-refractivity contribution in [3.8, 4) is 0 Å². The minimum absolute atomic E-state index is 0.0890. The topological polar surface area (TPSA) is 75.3 Å². The van der Waals surface area contributed by atoms with Crippen LogP contribution in [0, 0.1) is 6.92 Å². The van der Waals surface area contributed by atoms with Crippen LogP contribution in [0.2, 0.25) is 5.02 Å². The fourth-order valence-electron chi connectivity index (χ4n) is 2.54. The molecule has 0 aliphatic rings. The molecule has 5 nitrogen and oxygen atoms in total. The van der Waals surface area contributed by atoms with Crippen LogP contribution in [0.3, 0.4) is 0 Å². The molecule has 28 heavy (non-hydrogen) atoms. The SMILES string of the molecule is Cc1ccc(CNC(=O)c2cccc(NS(=O)(=O)c3ccc(Cl)cc3)c2)cc1. The summed E-state index contributed by atoms with van der Waals surface area (Å²) in [6.07, 6.45) is 0. The number of nitrogens with one attached hydrogen (secondary N) is 2. The maximum Gasteiger partial charge on any atom is 0.261 e. The average Bonchev–Trinajstić information content (AvgIpc) is 2.67. The Morgan fingerprint density at radius 2 is 1.64 bits per heavy atom. The van der Waals surface area contributed by atoms with Crippen LogP contribution in [0.25, 0.3) is 0 Å². The van der Waals surface area contributed by atoms with Crippen molar-refractivity contribution in [1.82, 2.24) is 5.32 Å². The normalized spacial score (nSPS) is 11.1. The highest BCUT2D eigenvalue weighted by atomic mass is 35.5. The first-order valence-electron chi connectivity index (χ1n) is 8.56. The molecule has 3 rings (SSSR count). The number of rotatable bonds is 6. The Hall–Kier alpha value is -2.83. The van der Waals surface area contributed by atoms with Gasteiger partial charge in [0.1, 0.15) is 0 Å². The van der Waals surface area contributed by atoms with E-state index in [1.807, 2.05) is 31.2 Å². The fourth-order valence-corrected chi connectivity index (χ4v) is 3.72. The summed E-state index contributed by atoms with van der Waals surface area (Å²) >= 11 is 5.80. The molecule has 0 aliphatic heterocycles. The van der Waals surface area contributed by atoms with Gasteiger partial charge in [0.15, 0.2) is 0 Å². The Morgan fingerprint density at radius 3 is 2.32 bits per heavy atom. The Balaban J connectivity index is 1.70. The van der Waals surface area contributed by atoms with E-state index in [9.17, 15) is 13.2 Å². The summed E-state index contributed by atoms with van der Waals surface area (Å²) in [5, 5.41) is 3.28. The van der Waals surface area contributed by atoms with E-state index in [2.05, 4.69) is 10.0 Å². The number of hydrogen-bond acceptors (Lipinski definition) is 3. The van der Waals surface area contributed by atoms with E-state index in [-0.39, 0.29) is 10.8 Å². The molecule has 0 unspecified atom stereocenters. The van der Waals surface area contributed by atoms with E-state index in [1.54, 1.807) is 18.2 Å². The van der Waals surface area contributed by atoms with E-state index in [4.69, 9.17) is 11.6 Å². The van der Waals surface area contributed by atoms with E-state index in [0.717, 1.165) is 11.1 Å². The van der Waals surface area contributed by atoms with Gasteiger partial charge >= 0.3 is 0 Å². The van der Waals surface area contributed by atoms with Crippen LogP contribution < -0.4 is 10.0 Å². The van der Waals surface area contributed by atoms with Crippen molar-refractivity contribution < 1.29 is 13.2 Å². The van der Waals surface area contributed by atoms with Gasteiger partial charge in [0.2, 0.25) is 0 Å². The summed E-state index contributed by atoms with van der Waals surface area (Å²) in [6, 6.07) is 20.1. The third-order valence-corrected chi connectivity index (χ3v) is 5.72. The van der Waals surface area contributed by atoms with Gasteiger partial charge in [0, 0.05) is 22.8 Å². The summed E-state index contributed by atoms with van der Waals surface area (Å²) in [5.41, 5.74) is 2.80. The van der Waals surface area contributed by atoms with Crippen LogP contribution in [-0.4, -0.2) is 14.3 Å². The summed E-state index contributed by atoms with van der Waals surface area (Å²) in [7, 11) is -3.77. The van der Waals surface area contributed by atoms with E-state index in [0.29, 0.717) is 22.8 Å². The molecular formula is C21H19ClN2O3S. The molecule has 0 saturated carbocycles. The number of hydrogen-bond donors (Lipinski definition) is 2. The zero-order valence-corrected chi connectivity index (χ0v) is 16.7. The van der Waals surface area contributed by atoms with Crippen molar-refractivity contribution in [2.75, 3.05) is 4.72 Å². The third kappa shape index (κ3) is 5.12. The Morgan fingerprint density at radius 1 is 0.964 bits per heavy atom. The van der Waals surface area contributed by atoms with Crippen molar-refractivity contribution in [3.05, 3.63) is 94.5 Å². The monoisotopic (exact) mass is 414 g/mol. The predicted molar refractivity (Wildman–Crippen MR) is 111 cm³/mol. The zero-order valence-electron chi connectivity index (χ0n) is 15.1. The molecule has 0 bridgehead atoms. The number of halogens is 1. The second-order valence-corrected chi connectivity index (χ2v) is 8.43. The highest BCUT2D eigenvalue weighted by Gasteiger charge is 2.15. The summed E-state index contributed by atoms with van der Waals surface area (Å²) in [4.78, 5) is 12.5. The van der Waals surface area contributed by atoms with Gasteiger partial charge in [0.25, 0.3) is 15.9 Å². The zero-order chi connectivity index (χ0) is 20.1. The van der Waals surface area contributed by atoms with Crippen LogP contribution in [0.4, 0.5) is 5.69 Å². The number of carbonyl (C=O) groups excluding carboxylic acids is 1. The molecule has 2 N–H and O–H groups in total. The lowest BCUT2D eigenvalue weighted by atomic mass is 10.1. The van der Waals surface area contributed by atoms with Gasteiger partial charge in [-0.3, -0.25) is 9.52 Å². The highest BCUT2D eigenvalue weighted by Crippen LogP contribution is 2.19. The number of amides is 1. The Kier molecular flexibility index (Phi) is 6.02. The van der Waals surface area contributed by atoms with Crippen LogP contribution in [-0.2, 0) is 16.6 Å². The van der Waals surface area contributed by atoms with Gasteiger partial charge in [-0.2, -0.15) is 0 Å². The molecule has 0 spiro atoms. The van der Waals surface area contributed by atoms with Crippen LogP contribution in [0.1, 0.15) is 21.5 Å². The predicted octanol–water partition coefficient (Wildman–Crippen LogP) is 4.38. The van der Waals surface area contributed by atoms with Crippen molar-refractivity contribution in [2.45, 2.75) is 18.4 Å². The molecule has 144 valence electrons. The van der Waals surface area contributed by atoms with E-state index >= 15 is 0 Å². The molecule has 0 radical (unpaired) electrons. The number of aryl methyl sites for hydroxylation is 1. The largest absolute Gasteiger partial charge is 0.348 e. The van der Waals surface area contributed by atoms with Crippen LogP contribution >= 0.6 is 11.6 Å². The van der Waals surface area contributed by atoms with Crippen molar-refractivity contribution >= 4 is 33.2 Å². The number of anilines is 1. The van der Waals surface area contributed by atoms with Gasteiger partial charge in [-0.1, -0.05) is 47.5 Å². The standard InChI is InChI=1S/C21H19ClN2O3S/c1-15-5-7-16(8-6-15)14-23-21(25)17-3-2-4-19(13-17)24-28(26,27)20-11-9-18(22)10-12-20/h2-13,24H,14H2,1H3,(H,23,25). The van der Waals surface area contributed by atoms with Gasteiger partial charge in [0.05, 0.1) is 4.90 Å². The van der Waals surface area contributed by atoms with Gasteiger partial charge in [-0.15, -0.1) is 0 Å². The summed E-state index contributed by atoms with van der Waals surface area (Å²) < 4.78 is 27.4. The minimum atomic E-state index is -3.77. The van der Waals surface area contributed by atoms with Gasteiger partial charge in [-0.25, -0.2) is 8.42 Å². The smallest absolute Gasteiger partial charge is 0.261 e. The molecule has 0 aliphatic carbocycles. The first-order chi connectivity index (χ1) is 13.3. The molecule has 3 aromatic carbocycles. The van der Waals surface area contributed by atoms with E-state index < -0.39 is 10.0 Å². The molecule has 7 heteroatoms. The summed E-state index contributed by atoms with van der Waals surface area (Å²) in [6.45, 7) is 2.39.